The highest BCUT2D eigenvalue weighted by molar-refractivity contribution is 5.81. The molecule has 148 valence electrons. The second-order valence-corrected chi connectivity index (χ2v) is 6.24. The van der Waals surface area contributed by atoms with Crippen LogP contribution in [0.15, 0.2) is 30.3 Å². The number of pyridine rings is 1. The number of ether oxygens (including phenoxy) is 1. The number of carbonyl (C=O) groups is 1. The van der Waals surface area contributed by atoms with Gasteiger partial charge in [0.2, 0.25) is 0 Å². The van der Waals surface area contributed by atoms with E-state index < -0.39 is 0 Å². The number of aromatic nitrogens is 4. The van der Waals surface area contributed by atoms with E-state index >= 15 is 0 Å². The predicted octanol–water partition coefficient (Wildman–Crippen LogP) is 2.22. The van der Waals surface area contributed by atoms with E-state index in [4.69, 9.17) is 14.6 Å². The van der Waals surface area contributed by atoms with Crippen molar-refractivity contribution in [2.75, 3.05) is 19.8 Å². The van der Waals surface area contributed by atoms with E-state index in [9.17, 15) is 9.50 Å². The van der Waals surface area contributed by atoms with Gasteiger partial charge in [-0.2, -0.15) is 5.10 Å². The Morgan fingerprint density at radius 3 is 2.68 bits per heavy atom. The summed E-state index contributed by atoms with van der Waals surface area (Å²) in [6.45, 7) is 1.43. The lowest BCUT2D eigenvalue weighted by Gasteiger charge is -2.18. The lowest BCUT2D eigenvalue weighted by atomic mass is 10.00. The van der Waals surface area contributed by atoms with Crippen LogP contribution in [0.2, 0.25) is 0 Å². The first-order chi connectivity index (χ1) is 13.7. The lowest BCUT2D eigenvalue weighted by molar-refractivity contribution is -0.122. The van der Waals surface area contributed by atoms with E-state index in [1.807, 2.05) is 18.2 Å². The minimum atomic E-state index is -0.364. The molecule has 2 N–H and O–H groups in total. The molecule has 1 aliphatic rings. The minimum absolute atomic E-state index is 0.0501. The molecule has 1 aromatic carbocycles. The number of nitrogens with zero attached hydrogens (tertiary/aromatic N) is 4. The van der Waals surface area contributed by atoms with Crippen LogP contribution in [0.1, 0.15) is 24.6 Å². The Balaban J connectivity index is 0.000000706. The molecule has 8 nitrogen and oxygen atoms in total. The average molecular weight is 388 g/mol. The van der Waals surface area contributed by atoms with Gasteiger partial charge < -0.3 is 14.9 Å². The van der Waals surface area contributed by atoms with Crippen LogP contribution in [0.3, 0.4) is 0 Å². The number of halogens is 1. The number of hydrogen-bond donors (Lipinski definition) is 2. The first-order valence-electron chi connectivity index (χ1n) is 8.94. The summed E-state index contributed by atoms with van der Waals surface area (Å²) in [6.07, 6.45) is 1.75. The largest absolute Gasteiger partial charge is 0.483 e. The number of hydrogen-bond acceptors (Lipinski definition) is 6. The van der Waals surface area contributed by atoms with Gasteiger partial charge >= 0.3 is 0 Å². The fraction of sp³-hybridized carbons (Fsp3) is 0.368. The van der Waals surface area contributed by atoms with Crippen molar-refractivity contribution in [1.29, 1.82) is 0 Å². The van der Waals surface area contributed by atoms with E-state index in [0.717, 1.165) is 24.1 Å². The summed E-state index contributed by atoms with van der Waals surface area (Å²) in [5, 5.41) is 21.5. The molecule has 0 amide bonds. The number of fused-ring (bicyclic) bond motifs is 1. The molecule has 4 rings (SSSR count). The summed E-state index contributed by atoms with van der Waals surface area (Å²) in [5.41, 5.74) is 0.864. The van der Waals surface area contributed by atoms with Gasteiger partial charge in [-0.05, 0) is 25.0 Å². The van der Waals surface area contributed by atoms with Crippen LogP contribution in [0.4, 0.5) is 4.39 Å². The summed E-state index contributed by atoms with van der Waals surface area (Å²) < 4.78 is 21.1. The van der Waals surface area contributed by atoms with E-state index in [-0.39, 0.29) is 24.8 Å². The van der Waals surface area contributed by atoms with E-state index in [1.165, 1.54) is 6.07 Å². The third kappa shape index (κ3) is 4.32. The van der Waals surface area contributed by atoms with Crippen molar-refractivity contribution in [1.82, 2.24) is 19.7 Å². The molecule has 2 aromatic heterocycles. The summed E-state index contributed by atoms with van der Waals surface area (Å²) >= 11 is 0. The van der Waals surface area contributed by atoms with Crippen molar-refractivity contribution in [3.8, 4) is 11.5 Å². The average Bonchev–Trinajstić information content (AvgIpc) is 3.14. The summed E-state index contributed by atoms with van der Waals surface area (Å²) in [5.74, 6) is 1.17. The number of aliphatic hydroxyl groups excluding tert-OH is 1. The maximum absolute atomic E-state index is 14.1. The Hall–Kier alpha value is -2.91. The molecule has 0 aliphatic carbocycles. The molecular weight excluding hydrogens is 367 g/mol. The molecule has 9 heteroatoms. The SMILES string of the molecule is O=CO.OCCn1nc(C2CCOCC2)nc1-c1ccc2cccc(F)c2n1. The molecule has 3 heterocycles. The van der Waals surface area contributed by atoms with Gasteiger partial charge in [0.1, 0.15) is 17.0 Å². The highest BCUT2D eigenvalue weighted by Gasteiger charge is 2.23. The van der Waals surface area contributed by atoms with Crippen LogP contribution in [0.5, 0.6) is 0 Å². The third-order valence-electron chi connectivity index (χ3n) is 4.49. The van der Waals surface area contributed by atoms with Gasteiger partial charge in [0, 0.05) is 24.5 Å². The van der Waals surface area contributed by atoms with Gasteiger partial charge in [-0.15, -0.1) is 0 Å². The highest BCUT2D eigenvalue weighted by atomic mass is 19.1. The zero-order valence-electron chi connectivity index (χ0n) is 15.2. The number of benzene rings is 1. The van der Waals surface area contributed by atoms with Gasteiger partial charge in [-0.3, -0.25) is 4.79 Å². The van der Waals surface area contributed by atoms with Gasteiger partial charge in [0.15, 0.2) is 11.6 Å². The van der Waals surface area contributed by atoms with Gasteiger partial charge in [0.05, 0.1) is 13.2 Å². The van der Waals surface area contributed by atoms with Crippen LogP contribution in [-0.4, -0.2) is 56.3 Å². The molecule has 1 fully saturated rings. The van der Waals surface area contributed by atoms with Crippen molar-refractivity contribution in [3.05, 3.63) is 42.0 Å². The smallest absolute Gasteiger partial charge is 0.290 e. The molecule has 0 unspecified atom stereocenters. The Kier molecular flexibility index (Phi) is 6.62. The molecule has 0 saturated carbocycles. The first-order valence-corrected chi connectivity index (χ1v) is 8.94. The molecule has 1 aliphatic heterocycles. The first kappa shape index (κ1) is 19.8. The van der Waals surface area contributed by atoms with Crippen molar-refractivity contribution >= 4 is 17.4 Å². The molecule has 1 saturated heterocycles. The normalized spacial score (nSPS) is 14.5. The predicted molar refractivity (Wildman–Crippen MR) is 99.3 cm³/mol. The standard InChI is InChI=1S/C18H19FN4O2.CH2O2/c19-14-3-1-2-12-4-5-15(20-16(12)14)18-21-17(22-23(18)8-9-24)13-6-10-25-11-7-13;2-1-3/h1-5,13,24H,6-11H2;1H,(H,2,3). The van der Waals surface area contributed by atoms with Crippen molar-refractivity contribution < 1.29 is 24.1 Å². The molecule has 28 heavy (non-hydrogen) atoms. The summed E-state index contributed by atoms with van der Waals surface area (Å²) in [4.78, 5) is 17.5. The number of carboxylic acid groups (broad SMARTS) is 1. The van der Waals surface area contributed by atoms with Crippen LogP contribution in [0, 0.1) is 5.82 Å². The van der Waals surface area contributed by atoms with E-state index in [2.05, 4.69) is 15.1 Å². The Morgan fingerprint density at radius 1 is 1.21 bits per heavy atom. The fourth-order valence-electron chi connectivity index (χ4n) is 3.16. The lowest BCUT2D eigenvalue weighted by Crippen LogP contribution is -2.15. The quantitative estimate of drug-likeness (QED) is 0.659. The molecule has 0 atom stereocenters. The monoisotopic (exact) mass is 388 g/mol. The van der Waals surface area contributed by atoms with Crippen LogP contribution < -0.4 is 0 Å². The topological polar surface area (TPSA) is 110 Å². The van der Waals surface area contributed by atoms with Gasteiger partial charge in [-0.25, -0.2) is 19.0 Å². The Morgan fingerprint density at radius 2 is 1.96 bits per heavy atom. The molecule has 0 bridgehead atoms. The zero-order chi connectivity index (χ0) is 19.9. The maximum atomic E-state index is 14.1. The zero-order valence-corrected chi connectivity index (χ0v) is 15.2. The van der Waals surface area contributed by atoms with Crippen molar-refractivity contribution in [3.63, 3.8) is 0 Å². The molecule has 0 radical (unpaired) electrons. The van der Waals surface area contributed by atoms with Crippen LogP contribution in [0.25, 0.3) is 22.4 Å². The van der Waals surface area contributed by atoms with E-state index in [0.29, 0.717) is 36.8 Å². The maximum Gasteiger partial charge on any atom is 0.290 e. The summed E-state index contributed by atoms with van der Waals surface area (Å²) in [7, 11) is 0. The Bertz CT molecular complexity index is 941. The van der Waals surface area contributed by atoms with Crippen LogP contribution >= 0.6 is 0 Å². The molecular formula is C19H21FN4O4. The van der Waals surface area contributed by atoms with Gasteiger partial charge in [-0.1, -0.05) is 18.2 Å². The molecule has 3 aromatic rings. The third-order valence-corrected chi connectivity index (χ3v) is 4.49. The van der Waals surface area contributed by atoms with Crippen LogP contribution in [-0.2, 0) is 16.1 Å². The number of para-hydroxylation sites is 1. The fourth-order valence-corrected chi connectivity index (χ4v) is 3.16. The molecule has 0 spiro atoms. The second kappa shape index (κ2) is 9.34. The Labute approximate surface area is 160 Å². The number of aliphatic hydroxyl groups is 1. The van der Waals surface area contributed by atoms with E-state index in [1.54, 1.807) is 10.7 Å². The van der Waals surface area contributed by atoms with Crippen molar-refractivity contribution in [2.24, 2.45) is 0 Å². The second-order valence-electron chi connectivity index (χ2n) is 6.24. The summed E-state index contributed by atoms with van der Waals surface area (Å²) in [6, 6.07) is 8.52. The highest BCUT2D eigenvalue weighted by Crippen LogP contribution is 2.27. The van der Waals surface area contributed by atoms with Crippen molar-refractivity contribution in [2.45, 2.75) is 25.3 Å². The number of rotatable bonds is 4. The minimum Gasteiger partial charge on any atom is -0.483 e. The van der Waals surface area contributed by atoms with Gasteiger partial charge in [0.25, 0.3) is 6.47 Å².